The second-order valence-electron chi connectivity index (χ2n) is 13.7. The van der Waals surface area contributed by atoms with Crippen LogP contribution in [0.5, 0.6) is 5.75 Å². The van der Waals surface area contributed by atoms with Crippen LogP contribution in [0.3, 0.4) is 0 Å². The molecule has 0 heterocycles. The highest BCUT2D eigenvalue weighted by Crippen LogP contribution is 2.40. The molecule has 1 aromatic rings. The summed E-state index contributed by atoms with van der Waals surface area (Å²) in [7, 11) is -3.79. The molecule has 0 aliphatic heterocycles. The van der Waals surface area contributed by atoms with Gasteiger partial charge in [0, 0.05) is 29.4 Å². The molecule has 3 nitrogen and oxygen atoms in total. The topological polar surface area (TPSA) is 46.5 Å². The molecule has 0 amide bonds. The fraction of sp³-hybridized carbons (Fsp3) is 0.741. The Kier molecular flexibility index (Phi) is 12.3. The lowest BCUT2D eigenvalue weighted by Gasteiger charge is -2.57. The van der Waals surface area contributed by atoms with Crippen molar-refractivity contribution in [3.63, 3.8) is 0 Å². The molecule has 0 aliphatic rings. The summed E-state index contributed by atoms with van der Waals surface area (Å²) in [5, 5.41) is 9.01. The monoisotopic (exact) mass is 540 g/mol. The predicted molar refractivity (Wildman–Crippen MR) is 162 cm³/mol. The molecule has 1 aromatic carbocycles. The zero-order valence-electron chi connectivity index (χ0n) is 25.0. The highest BCUT2D eigenvalue weighted by Gasteiger charge is 2.60. The van der Waals surface area contributed by atoms with E-state index in [0.717, 1.165) is 12.8 Å². The van der Waals surface area contributed by atoms with Crippen LogP contribution in [0.25, 0.3) is 0 Å². The van der Waals surface area contributed by atoms with Crippen LogP contribution in [0, 0.1) is 5.41 Å². The zero-order valence-corrected chi connectivity index (χ0v) is 29.0. The first-order valence-corrected chi connectivity index (χ1v) is 28.8. The molecular weight excluding hydrogens is 485 g/mol. The van der Waals surface area contributed by atoms with E-state index in [9.17, 15) is 4.79 Å². The molecule has 0 bridgehead atoms. The van der Waals surface area contributed by atoms with Gasteiger partial charge < -0.3 is 9.84 Å². The van der Waals surface area contributed by atoms with Gasteiger partial charge in [-0.15, -0.1) is 0 Å². The molecule has 7 heteroatoms. The lowest BCUT2D eigenvalue weighted by molar-refractivity contribution is -0.153. The highest BCUT2D eigenvalue weighted by atomic mass is 29.9. The average Bonchev–Trinajstić information content (AvgIpc) is 2.68. The molecule has 0 fully saturated rings. The molecule has 0 saturated heterocycles. The molecular formula is C27H56O3Si4. The van der Waals surface area contributed by atoms with Crippen molar-refractivity contribution in [1.82, 2.24) is 0 Å². The summed E-state index contributed by atoms with van der Waals surface area (Å²) in [4.78, 5) is 12.4. The number of hydrogen-bond donors (Lipinski definition) is 1. The summed E-state index contributed by atoms with van der Waals surface area (Å²) in [5.41, 5.74) is 0.951. The van der Waals surface area contributed by atoms with Crippen LogP contribution in [0.1, 0.15) is 58.9 Å². The summed E-state index contributed by atoms with van der Waals surface area (Å²) in [6.45, 7) is 33.0. The first kappa shape index (κ1) is 33.4. The normalized spacial score (nSPS) is 14.2. The summed E-state index contributed by atoms with van der Waals surface area (Å²) in [5.74, 6) is 0.928. The molecule has 1 unspecified atom stereocenters. The van der Waals surface area contributed by atoms with Gasteiger partial charge in [0.05, 0.1) is 12.0 Å². The zero-order chi connectivity index (χ0) is 27.2. The second-order valence-corrected chi connectivity index (χ2v) is 55.2. The quantitative estimate of drug-likeness (QED) is 0.239. The van der Waals surface area contributed by atoms with Crippen molar-refractivity contribution in [1.29, 1.82) is 0 Å². The Morgan fingerprint density at radius 1 is 0.882 bits per heavy atom. The maximum atomic E-state index is 12.4. The van der Waals surface area contributed by atoms with Gasteiger partial charge in [0.25, 0.3) is 0 Å². The summed E-state index contributed by atoms with van der Waals surface area (Å²) >= 11 is 0. The fourth-order valence-electron chi connectivity index (χ4n) is 6.18. The van der Waals surface area contributed by atoms with Gasteiger partial charge in [0.2, 0.25) is 0 Å². The van der Waals surface area contributed by atoms with E-state index in [4.69, 9.17) is 9.84 Å². The van der Waals surface area contributed by atoms with Crippen LogP contribution in [-0.4, -0.2) is 47.1 Å². The van der Waals surface area contributed by atoms with Crippen molar-refractivity contribution in [3.05, 3.63) is 29.8 Å². The number of phenolic OH excluding ortho intramolecular Hbond substituents is 1. The van der Waals surface area contributed by atoms with Gasteiger partial charge in [-0.1, -0.05) is 91.8 Å². The lowest BCUT2D eigenvalue weighted by Crippen LogP contribution is -2.82. The van der Waals surface area contributed by atoms with Gasteiger partial charge in [-0.05, 0) is 56.3 Å². The van der Waals surface area contributed by atoms with Crippen molar-refractivity contribution in [2.24, 2.45) is 5.41 Å². The van der Waals surface area contributed by atoms with Gasteiger partial charge in [-0.2, -0.15) is 0 Å². The number of rotatable bonds is 10. The predicted octanol–water partition coefficient (Wildman–Crippen LogP) is 8.57. The largest absolute Gasteiger partial charge is 0.508 e. The SMILES string of the molecule is CCC(C)(C)C(=O)OCC[Si]([Si](C)(C)C)([Si](C)(C)C)[Si](C)(C)C.CCC(C)c1ccc(O)cc1. The minimum atomic E-state index is -1.40. The van der Waals surface area contributed by atoms with Gasteiger partial charge in [0.15, 0.2) is 0 Å². The van der Waals surface area contributed by atoms with E-state index in [-0.39, 0.29) is 11.4 Å². The third-order valence-corrected chi connectivity index (χ3v) is 82.5. The second kappa shape index (κ2) is 12.5. The average molecular weight is 541 g/mol. The number of benzene rings is 1. The Balaban J connectivity index is 0.000000818. The van der Waals surface area contributed by atoms with E-state index >= 15 is 0 Å². The van der Waals surface area contributed by atoms with E-state index in [1.165, 1.54) is 11.6 Å². The minimum absolute atomic E-state index is 0.00960. The number of hydrogen-bond acceptors (Lipinski definition) is 3. The van der Waals surface area contributed by atoms with Crippen molar-refractivity contribution in [2.75, 3.05) is 6.61 Å². The van der Waals surface area contributed by atoms with Crippen LogP contribution in [0.4, 0.5) is 0 Å². The van der Waals surface area contributed by atoms with Gasteiger partial charge in [0.1, 0.15) is 5.75 Å². The third-order valence-electron chi connectivity index (χ3n) is 8.06. The molecule has 0 aliphatic carbocycles. The number of esters is 1. The van der Waals surface area contributed by atoms with Crippen LogP contribution in [0.2, 0.25) is 65.0 Å². The molecule has 1 atom stereocenters. The molecule has 198 valence electrons. The molecule has 0 spiro atoms. The van der Waals surface area contributed by atoms with E-state index in [1.807, 2.05) is 26.0 Å². The van der Waals surface area contributed by atoms with Crippen molar-refractivity contribution < 1.29 is 14.6 Å². The van der Waals surface area contributed by atoms with Crippen LogP contribution >= 0.6 is 0 Å². The van der Waals surface area contributed by atoms with Crippen LogP contribution in [-0.2, 0) is 9.53 Å². The molecule has 0 saturated carbocycles. The lowest BCUT2D eigenvalue weighted by atomic mass is 9.91. The van der Waals surface area contributed by atoms with E-state index < -0.39 is 29.4 Å². The molecule has 0 aromatic heterocycles. The summed E-state index contributed by atoms with van der Waals surface area (Å²) in [6.07, 6.45) is 1.98. The maximum Gasteiger partial charge on any atom is 0.311 e. The standard InChI is InChI=1S/C17H42O2Si4.C10H14O/c1-13-17(2,3)16(18)19-14-15-23(20(4,5)6,21(7,8)9)22(10,11)12;1-3-8(2)9-4-6-10(11)7-5-9/h13-15H2,1-12H3;4-8,11H,3H2,1-2H3. The van der Waals surface area contributed by atoms with Gasteiger partial charge in [-0.3, -0.25) is 4.79 Å². The van der Waals surface area contributed by atoms with Crippen molar-refractivity contribution >= 4 is 35.4 Å². The van der Waals surface area contributed by atoms with Crippen LogP contribution < -0.4 is 0 Å². The third kappa shape index (κ3) is 8.49. The molecule has 1 N–H and O–H groups in total. The van der Waals surface area contributed by atoms with E-state index in [2.05, 4.69) is 79.7 Å². The number of carbonyl (C=O) groups excluding carboxylic acids is 1. The Labute approximate surface area is 215 Å². The Hall–Kier alpha value is -0.642. The highest BCUT2D eigenvalue weighted by molar-refractivity contribution is 7.89. The Morgan fingerprint density at radius 3 is 1.62 bits per heavy atom. The summed E-state index contributed by atoms with van der Waals surface area (Å²) < 4.78 is 5.80. The fourth-order valence-corrected chi connectivity index (χ4v) is 104. The maximum absolute atomic E-state index is 12.4. The van der Waals surface area contributed by atoms with Gasteiger partial charge in [-0.25, -0.2) is 0 Å². The Bertz CT molecular complexity index is 718. The first-order valence-electron chi connectivity index (χ1n) is 13.1. The molecule has 0 radical (unpaired) electrons. The first-order chi connectivity index (χ1) is 15.2. The smallest absolute Gasteiger partial charge is 0.311 e. The number of carbonyl (C=O) groups is 1. The molecule has 1 rings (SSSR count). The molecule has 34 heavy (non-hydrogen) atoms. The number of ether oxygens (including phenoxy) is 1. The Morgan fingerprint density at radius 2 is 1.29 bits per heavy atom. The van der Waals surface area contributed by atoms with Crippen molar-refractivity contribution in [3.8, 4) is 5.75 Å². The number of phenols is 1. The van der Waals surface area contributed by atoms with E-state index in [1.54, 1.807) is 12.1 Å². The minimum Gasteiger partial charge on any atom is -0.508 e. The summed E-state index contributed by atoms with van der Waals surface area (Å²) in [6, 6.07) is 8.63. The number of aromatic hydroxyl groups is 1. The van der Waals surface area contributed by atoms with E-state index in [0.29, 0.717) is 18.3 Å². The van der Waals surface area contributed by atoms with Gasteiger partial charge >= 0.3 is 5.97 Å². The van der Waals surface area contributed by atoms with Crippen LogP contribution in [0.15, 0.2) is 24.3 Å². The van der Waals surface area contributed by atoms with Crippen molar-refractivity contribution in [2.45, 2.75) is 118 Å².